The Labute approximate surface area is 136 Å². The average Bonchev–Trinajstić information content (AvgIpc) is 3.05. The lowest BCUT2D eigenvalue weighted by Crippen LogP contribution is -2.53. The van der Waals surface area contributed by atoms with Crippen molar-refractivity contribution in [3.05, 3.63) is 34.2 Å². The molecule has 1 aliphatic heterocycles. The van der Waals surface area contributed by atoms with E-state index < -0.39 is 0 Å². The molecule has 1 amide bonds. The minimum Gasteiger partial charge on any atom is -0.381 e. The fourth-order valence-electron chi connectivity index (χ4n) is 3.80. The number of morpholine rings is 1. The maximum absolute atomic E-state index is 12.9. The van der Waals surface area contributed by atoms with Crippen LogP contribution in [0.2, 0.25) is 0 Å². The molecule has 2 fully saturated rings. The third-order valence-electron chi connectivity index (χ3n) is 5.06. The van der Waals surface area contributed by atoms with Gasteiger partial charge in [-0.3, -0.25) is 9.59 Å². The van der Waals surface area contributed by atoms with Crippen LogP contribution in [0.15, 0.2) is 23.1 Å². The van der Waals surface area contributed by atoms with Gasteiger partial charge in [0.25, 0.3) is 5.91 Å². The Morgan fingerprint density at radius 2 is 2.17 bits per heavy atom. The highest BCUT2D eigenvalue weighted by Crippen LogP contribution is 2.34. The molecule has 0 radical (unpaired) electrons. The lowest BCUT2D eigenvalue weighted by molar-refractivity contribution is -0.0460. The molecule has 0 bridgehead atoms. The van der Waals surface area contributed by atoms with Crippen LogP contribution >= 0.6 is 0 Å². The largest absolute Gasteiger partial charge is 0.381 e. The Bertz CT molecular complexity index is 627. The SMILES string of the molecule is COC1CCCC1C1COCCN1C(=O)c1ccc(=O)n(C)c1. The van der Waals surface area contributed by atoms with Crippen molar-refractivity contribution >= 4 is 5.91 Å². The summed E-state index contributed by atoms with van der Waals surface area (Å²) in [5, 5.41) is 0. The molecule has 126 valence electrons. The molecule has 1 aliphatic carbocycles. The molecule has 0 N–H and O–H groups in total. The van der Waals surface area contributed by atoms with Gasteiger partial charge in [0, 0.05) is 38.9 Å². The quantitative estimate of drug-likeness (QED) is 0.835. The van der Waals surface area contributed by atoms with E-state index >= 15 is 0 Å². The van der Waals surface area contributed by atoms with Gasteiger partial charge in [-0.05, 0) is 18.9 Å². The first kappa shape index (κ1) is 16.2. The second kappa shape index (κ2) is 6.84. The van der Waals surface area contributed by atoms with E-state index in [4.69, 9.17) is 9.47 Å². The minimum atomic E-state index is -0.115. The van der Waals surface area contributed by atoms with Crippen LogP contribution in [0.25, 0.3) is 0 Å². The summed E-state index contributed by atoms with van der Waals surface area (Å²) >= 11 is 0. The number of methoxy groups -OCH3 is 1. The van der Waals surface area contributed by atoms with Gasteiger partial charge in [-0.15, -0.1) is 0 Å². The maximum atomic E-state index is 12.9. The zero-order chi connectivity index (χ0) is 16.4. The molecule has 0 spiro atoms. The second-order valence-electron chi connectivity index (χ2n) is 6.38. The highest BCUT2D eigenvalue weighted by molar-refractivity contribution is 5.94. The van der Waals surface area contributed by atoms with Gasteiger partial charge in [0.05, 0.1) is 30.9 Å². The van der Waals surface area contributed by atoms with E-state index in [0.29, 0.717) is 31.2 Å². The predicted octanol–water partition coefficient (Wildman–Crippen LogP) is 1.04. The standard InChI is InChI=1S/C17H24N2O4/c1-18-10-12(6-7-16(18)20)17(21)19-8-9-23-11-14(19)13-4-3-5-15(13)22-2/h6-7,10,13-15H,3-5,8-9,11H2,1-2H3. The molecular weight excluding hydrogens is 296 g/mol. The van der Waals surface area contributed by atoms with E-state index in [2.05, 4.69) is 0 Å². The minimum absolute atomic E-state index is 0.0318. The van der Waals surface area contributed by atoms with Crippen LogP contribution in [0.1, 0.15) is 29.6 Å². The van der Waals surface area contributed by atoms with Crippen LogP contribution in [-0.4, -0.2) is 54.4 Å². The summed E-state index contributed by atoms with van der Waals surface area (Å²) in [6.45, 7) is 1.69. The summed E-state index contributed by atoms with van der Waals surface area (Å²) in [5.41, 5.74) is 0.432. The molecular formula is C17H24N2O4. The van der Waals surface area contributed by atoms with Gasteiger partial charge in [-0.1, -0.05) is 6.42 Å². The number of aryl methyl sites for hydroxylation is 1. The van der Waals surface area contributed by atoms with E-state index in [9.17, 15) is 9.59 Å². The summed E-state index contributed by atoms with van der Waals surface area (Å²) in [6.07, 6.45) is 5.03. The molecule has 6 nitrogen and oxygen atoms in total. The third kappa shape index (κ3) is 3.19. The van der Waals surface area contributed by atoms with Gasteiger partial charge in [-0.25, -0.2) is 0 Å². The van der Waals surface area contributed by atoms with Crippen molar-refractivity contribution in [2.24, 2.45) is 13.0 Å². The van der Waals surface area contributed by atoms with Crippen molar-refractivity contribution in [3.8, 4) is 0 Å². The smallest absolute Gasteiger partial charge is 0.255 e. The van der Waals surface area contributed by atoms with Crippen molar-refractivity contribution in [1.29, 1.82) is 0 Å². The van der Waals surface area contributed by atoms with E-state index in [0.717, 1.165) is 19.3 Å². The van der Waals surface area contributed by atoms with Gasteiger partial charge in [-0.2, -0.15) is 0 Å². The average molecular weight is 320 g/mol. The number of ether oxygens (including phenoxy) is 2. The molecule has 23 heavy (non-hydrogen) atoms. The molecule has 0 aromatic carbocycles. The fraction of sp³-hybridized carbons (Fsp3) is 0.647. The van der Waals surface area contributed by atoms with Crippen molar-refractivity contribution in [2.75, 3.05) is 26.9 Å². The van der Waals surface area contributed by atoms with Crippen LogP contribution in [0, 0.1) is 5.92 Å². The van der Waals surface area contributed by atoms with Crippen LogP contribution in [0.4, 0.5) is 0 Å². The Morgan fingerprint density at radius 1 is 1.35 bits per heavy atom. The first-order chi connectivity index (χ1) is 11.1. The number of nitrogens with zero attached hydrogens (tertiary/aromatic N) is 2. The Morgan fingerprint density at radius 3 is 2.91 bits per heavy atom. The van der Waals surface area contributed by atoms with Crippen LogP contribution in [0.3, 0.4) is 0 Å². The number of rotatable bonds is 3. The monoisotopic (exact) mass is 320 g/mol. The molecule has 1 saturated carbocycles. The predicted molar refractivity (Wildman–Crippen MR) is 85.5 cm³/mol. The van der Waals surface area contributed by atoms with Gasteiger partial charge >= 0.3 is 0 Å². The topological polar surface area (TPSA) is 60.8 Å². The van der Waals surface area contributed by atoms with Crippen molar-refractivity contribution in [3.63, 3.8) is 0 Å². The number of hydrogen-bond donors (Lipinski definition) is 0. The first-order valence-electron chi connectivity index (χ1n) is 8.20. The van der Waals surface area contributed by atoms with Gasteiger partial charge < -0.3 is 18.9 Å². The summed E-state index contributed by atoms with van der Waals surface area (Å²) in [6, 6.07) is 3.09. The summed E-state index contributed by atoms with van der Waals surface area (Å²) in [7, 11) is 3.40. The van der Waals surface area contributed by atoms with Crippen molar-refractivity contribution < 1.29 is 14.3 Å². The summed E-state index contributed by atoms with van der Waals surface area (Å²) < 4.78 is 12.7. The molecule has 2 aliphatic rings. The van der Waals surface area contributed by atoms with Crippen LogP contribution < -0.4 is 5.56 Å². The summed E-state index contributed by atoms with van der Waals surface area (Å²) in [5.74, 6) is 0.285. The number of amides is 1. The molecule has 1 aromatic heterocycles. The van der Waals surface area contributed by atoms with E-state index in [-0.39, 0.29) is 23.6 Å². The van der Waals surface area contributed by atoms with E-state index in [1.807, 2.05) is 4.90 Å². The number of hydrogen-bond acceptors (Lipinski definition) is 4. The first-order valence-corrected chi connectivity index (χ1v) is 8.20. The normalized spacial score (nSPS) is 28.1. The second-order valence-corrected chi connectivity index (χ2v) is 6.38. The highest BCUT2D eigenvalue weighted by atomic mass is 16.5. The van der Waals surface area contributed by atoms with Gasteiger partial charge in [0.1, 0.15) is 0 Å². The zero-order valence-electron chi connectivity index (χ0n) is 13.7. The summed E-state index contributed by atoms with van der Waals surface area (Å²) in [4.78, 5) is 26.4. The zero-order valence-corrected chi connectivity index (χ0v) is 13.7. The molecule has 1 aromatic rings. The van der Waals surface area contributed by atoms with E-state index in [1.165, 1.54) is 10.6 Å². The van der Waals surface area contributed by atoms with Crippen molar-refractivity contribution in [2.45, 2.75) is 31.4 Å². The number of aromatic nitrogens is 1. The highest BCUT2D eigenvalue weighted by Gasteiger charge is 2.40. The maximum Gasteiger partial charge on any atom is 0.255 e. The fourth-order valence-corrected chi connectivity index (χ4v) is 3.80. The molecule has 3 atom stereocenters. The Hall–Kier alpha value is -1.66. The Kier molecular flexibility index (Phi) is 4.82. The Balaban J connectivity index is 1.84. The lowest BCUT2D eigenvalue weighted by atomic mass is 9.93. The third-order valence-corrected chi connectivity index (χ3v) is 5.06. The van der Waals surface area contributed by atoms with E-state index in [1.54, 1.807) is 26.4 Å². The van der Waals surface area contributed by atoms with Crippen LogP contribution in [0.5, 0.6) is 0 Å². The van der Waals surface area contributed by atoms with Gasteiger partial charge in [0.15, 0.2) is 0 Å². The molecule has 6 heteroatoms. The molecule has 3 rings (SSSR count). The van der Waals surface area contributed by atoms with Gasteiger partial charge in [0.2, 0.25) is 5.56 Å². The van der Waals surface area contributed by atoms with Crippen molar-refractivity contribution in [1.82, 2.24) is 9.47 Å². The number of pyridine rings is 1. The molecule has 1 saturated heterocycles. The molecule has 2 heterocycles. The molecule has 3 unspecified atom stereocenters. The lowest BCUT2D eigenvalue weighted by Gasteiger charge is -2.40. The van der Waals surface area contributed by atoms with Crippen LogP contribution in [-0.2, 0) is 16.5 Å². The number of carbonyl (C=O) groups is 1. The number of carbonyl (C=O) groups excluding carboxylic acids is 1.